The fourth-order valence-electron chi connectivity index (χ4n) is 4.96. The molecule has 0 spiro atoms. The molecule has 0 bridgehead atoms. The molecule has 0 saturated heterocycles. The zero-order valence-corrected chi connectivity index (χ0v) is 34.4. The molecule has 0 aromatic carbocycles. The molecule has 0 amide bonds. The summed E-state index contributed by atoms with van der Waals surface area (Å²) in [6.45, 7) is 9.01. The van der Waals surface area contributed by atoms with Crippen molar-refractivity contribution in [2.75, 3.05) is 4.90 Å². The molecule has 14 nitrogen and oxygen atoms in total. The summed E-state index contributed by atoms with van der Waals surface area (Å²) in [5.74, 6) is 0. The van der Waals surface area contributed by atoms with E-state index in [4.69, 9.17) is 16.6 Å². The summed E-state index contributed by atoms with van der Waals surface area (Å²) >= 11 is 3.70. The Hall–Kier alpha value is -6.55. The van der Waals surface area contributed by atoms with E-state index in [2.05, 4.69) is 51.3 Å². The number of allylic oxidation sites excluding steroid dienone is 1. The number of hydrogen-bond donors (Lipinski definition) is 1. The van der Waals surface area contributed by atoms with Crippen molar-refractivity contribution < 1.29 is 61.2 Å². The van der Waals surface area contributed by atoms with Gasteiger partial charge in [-0.3, -0.25) is 34.7 Å². The van der Waals surface area contributed by atoms with Gasteiger partial charge in [-0.25, -0.2) is 4.98 Å². The Morgan fingerprint density at radius 1 is 0.763 bits per heavy atom. The smallest absolute Gasteiger partial charge is 0.753 e. The van der Waals surface area contributed by atoms with Gasteiger partial charge < -0.3 is 30.3 Å². The number of aromatic nitrogens is 4. The fourth-order valence-corrected chi connectivity index (χ4v) is 4.96. The minimum absolute atomic E-state index is 0. The van der Waals surface area contributed by atoms with Crippen molar-refractivity contribution >= 4 is 72.1 Å². The van der Waals surface area contributed by atoms with Gasteiger partial charge in [-0.15, -0.1) is 5.70 Å². The van der Waals surface area contributed by atoms with Crippen LogP contribution in [0.5, 0.6) is 0 Å². The van der Waals surface area contributed by atoms with Crippen LogP contribution in [0.25, 0.3) is 57.8 Å². The van der Waals surface area contributed by atoms with Crippen molar-refractivity contribution in [3.05, 3.63) is 126 Å². The average Bonchev–Trinajstić information content (AvgIpc) is 3.18. The van der Waals surface area contributed by atoms with E-state index in [1.807, 2.05) is 27.7 Å². The van der Waals surface area contributed by atoms with Crippen molar-refractivity contribution in [2.24, 2.45) is 0 Å². The van der Waals surface area contributed by atoms with Crippen LogP contribution < -0.4 is 4.90 Å². The van der Waals surface area contributed by atoms with Gasteiger partial charge in [-0.2, -0.15) is 18.3 Å². The molecule has 0 aliphatic carbocycles. The van der Waals surface area contributed by atoms with Crippen molar-refractivity contribution in [2.45, 2.75) is 46.0 Å². The number of alkyl halides is 3. The summed E-state index contributed by atoms with van der Waals surface area (Å²) in [6.07, 6.45) is 8.99. The molecule has 0 atom stereocenters. The first kappa shape index (κ1) is 50.5. The minimum Gasteiger partial charge on any atom is -0.753 e. The topological polar surface area (TPSA) is 204 Å². The molecule has 0 saturated carbocycles. The van der Waals surface area contributed by atoms with Crippen LogP contribution in [-0.2, 0) is 48.1 Å². The zero-order chi connectivity index (χ0) is 43.1. The Bertz CT molecular complexity index is 2090. The van der Waals surface area contributed by atoms with Gasteiger partial charge in [0, 0.05) is 42.1 Å². The first-order valence-corrected chi connectivity index (χ1v) is 17.2. The molecule has 4 aromatic rings. The summed E-state index contributed by atoms with van der Waals surface area (Å²) < 4.78 is 50.9. The minimum atomic E-state index is -4.76. The van der Waals surface area contributed by atoms with Crippen molar-refractivity contribution in [1.82, 2.24) is 19.9 Å². The molecule has 308 valence electrons. The van der Waals surface area contributed by atoms with Crippen LogP contribution in [-0.4, -0.2) is 68.5 Å². The van der Waals surface area contributed by atoms with Crippen LogP contribution in [0.1, 0.15) is 50.1 Å². The van der Waals surface area contributed by atoms with E-state index < -0.39 is 17.6 Å². The van der Waals surface area contributed by atoms with Crippen molar-refractivity contribution in [3.8, 4) is 22.8 Å². The number of anilines is 1. The Balaban J connectivity index is 0.000000583. The molecule has 4 aromatic heterocycles. The Morgan fingerprint density at radius 2 is 1.17 bits per heavy atom. The molecule has 4 heterocycles. The maximum atomic E-state index is 12.4. The molecule has 4 rings (SSSR count). The van der Waals surface area contributed by atoms with E-state index in [9.17, 15) is 27.6 Å². The van der Waals surface area contributed by atoms with Crippen LogP contribution in [0.15, 0.2) is 92.0 Å². The number of pyridine rings is 4. The molecule has 0 radical (unpaired) electrons. The molecule has 0 unspecified atom stereocenters. The largest absolute Gasteiger partial charge is 2.00 e. The number of rotatable bonds is 16. The second-order valence-electron chi connectivity index (χ2n) is 11.8. The Morgan fingerprint density at radius 3 is 1.58 bits per heavy atom. The van der Waals surface area contributed by atoms with Gasteiger partial charge in [0.15, 0.2) is 0 Å². The van der Waals surface area contributed by atoms with Gasteiger partial charge in [0.1, 0.15) is 5.71 Å². The van der Waals surface area contributed by atoms with Crippen LogP contribution in [0.3, 0.4) is 0 Å². The normalized spacial score (nSPS) is 11.1. The molecule has 0 aliphatic rings. The van der Waals surface area contributed by atoms with E-state index >= 15 is 0 Å². The third-order valence-electron chi connectivity index (χ3n) is 7.15. The molecular weight excluding hydrogens is 879 g/mol. The number of nitrogens with one attached hydrogen (secondary N) is 2. The van der Waals surface area contributed by atoms with E-state index in [-0.39, 0.29) is 37.3 Å². The fraction of sp³-hybridized carbons (Fsp3) is 0.175. The third-order valence-corrected chi connectivity index (χ3v) is 7.15. The number of carbonyl (C=O) groups excluding carboxylic acids is 3. The summed E-state index contributed by atoms with van der Waals surface area (Å²) in [7, 11) is 0. The monoisotopic (exact) mass is 916 g/mol. The van der Waals surface area contributed by atoms with E-state index in [1.165, 1.54) is 30.1 Å². The van der Waals surface area contributed by atoms with Gasteiger partial charge in [0.2, 0.25) is 0 Å². The second kappa shape index (κ2) is 26.4. The maximum Gasteiger partial charge on any atom is 2.00 e. The number of isothiocyanates is 1. The average molecular weight is 916 g/mol. The summed E-state index contributed by atoms with van der Waals surface area (Å²) in [4.78, 5) is 50.6. The van der Waals surface area contributed by atoms with Crippen molar-refractivity contribution in [1.29, 1.82) is 5.41 Å². The predicted molar refractivity (Wildman–Crippen MR) is 218 cm³/mol. The molecule has 2 N–H and O–H groups in total. The first-order chi connectivity index (χ1) is 27.7. The Kier molecular flexibility index (Phi) is 22.6. The van der Waals surface area contributed by atoms with E-state index in [0.29, 0.717) is 53.8 Å². The number of carbonyl (C=O) groups is 3. The van der Waals surface area contributed by atoms with Gasteiger partial charge >= 0.3 is 25.7 Å². The summed E-state index contributed by atoms with van der Waals surface area (Å²) in [5, 5.41) is 15.4. The molecule has 0 aliphatic heterocycles. The zero-order valence-electron chi connectivity index (χ0n) is 31.8. The van der Waals surface area contributed by atoms with Crippen LogP contribution in [0.2, 0.25) is 0 Å². The van der Waals surface area contributed by atoms with Crippen LogP contribution >= 0.6 is 12.2 Å². The molecule has 19 heteroatoms. The van der Waals surface area contributed by atoms with Crippen LogP contribution in [0, 0.1) is 5.41 Å². The number of halogens is 3. The predicted octanol–water partition coefficient (Wildman–Crippen LogP) is 8.97. The maximum absolute atomic E-state index is 12.4. The standard InChI is InChI=1S/C24H17N3O6.C15H20F3N4.CNS.Ru/c28-15-31-8-3-18-1-6-25-21(11-18)23-13-20(5-10-33-17-30)14-24(27-23)22-12-19(2-7-26-22)4-9-32-16-29;1-9(2)22(10(3)4)11-5-6-21-13(7-11)12(19)8-14(20)15(16,17)18;2-1-3;/h1-17H;5-10,19-20H,1-4H3;;/q;2*-1;+2/b8-3+,9-4+,10-5+;12-8-,20-14?;;. The number of hydrogen-bond acceptors (Lipinski definition) is 13. The molecule has 0 fully saturated rings. The molecule has 59 heavy (non-hydrogen) atoms. The first-order valence-electron chi connectivity index (χ1n) is 16.8. The SMILES string of the molecule is CC(C)N(c1ccnc(/C([NH-])=C/C(=N)C(F)(F)F)c1)C(C)C.O=CO/C=C/c1ccnc(-c2cc(/C=C/OC=O)cc(-c3cc(/C=C/OC=O)ccn3)n2)c1.[N-]=C=S.[Ru+2]. The van der Waals surface area contributed by atoms with Gasteiger partial charge in [0.25, 0.3) is 19.4 Å². The van der Waals surface area contributed by atoms with E-state index in [1.54, 1.807) is 79.2 Å². The number of ether oxygens (including phenoxy) is 3. The summed E-state index contributed by atoms with van der Waals surface area (Å²) in [5.41, 5.74) is 11.0. The Labute approximate surface area is 356 Å². The molecular formula is C40H37F3N8O6RuS. The van der Waals surface area contributed by atoms with Crippen LogP contribution in [0.4, 0.5) is 18.9 Å². The van der Waals surface area contributed by atoms with Gasteiger partial charge in [-0.05, 0) is 117 Å². The van der Waals surface area contributed by atoms with Gasteiger partial charge in [-0.1, -0.05) is 12.2 Å². The summed E-state index contributed by atoms with van der Waals surface area (Å²) in [6, 6.07) is 14.3. The number of thiocarbonyl (C=S) groups is 1. The quantitative estimate of drug-likeness (QED) is 0.0279. The van der Waals surface area contributed by atoms with Gasteiger partial charge in [0.05, 0.1) is 41.6 Å². The third kappa shape index (κ3) is 17.6. The second-order valence-corrected chi connectivity index (χ2v) is 12.0. The van der Waals surface area contributed by atoms with Crippen molar-refractivity contribution in [3.63, 3.8) is 0 Å². The van der Waals surface area contributed by atoms with E-state index in [0.717, 1.165) is 16.8 Å². The number of nitrogens with zero attached hydrogens (tertiary/aromatic N) is 6.